The fraction of sp³-hybridized carbons (Fsp3) is 0.500. The molecule has 1 aliphatic heterocycles. The summed E-state index contributed by atoms with van der Waals surface area (Å²) in [7, 11) is 0. The second-order valence-electron chi connectivity index (χ2n) is 1.57. The van der Waals surface area contributed by atoms with E-state index in [1.54, 1.807) is 5.12 Å². The van der Waals surface area contributed by atoms with Gasteiger partial charge in [0.25, 0.3) is 0 Å². The van der Waals surface area contributed by atoms with Gasteiger partial charge < -0.3 is 0 Å². The molecule has 0 bridgehead atoms. The van der Waals surface area contributed by atoms with Gasteiger partial charge in [-0.2, -0.15) is 10.7 Å². The molecule has 1 aliphatic rings. The molecule has 0 aromatic carbocycles. The molecule has 1 rings (SSSR count). The van der Waals surface area contributed by atoms with Crippen molar-refractivity contribution in [1.82, 2.24) is 16.1 Å². The van der Waals surface area contributed by atoms with Crippen LogP contribution in [0.2, 0.25) is 0 Å². The maximum absolute atomic E-state index is 5.03. The third-order valence-corrected chi connectivity index (χ3v) is 0.944. The number of hydrazine groups is 3. The fourth-order valence-electron chi connectivity index (χ4n) is 0.522. The minimum atomic E-state index is 1.03. The van der Waals surface area contributed by atoms with Gasteiger partial charge in [-0.1, -0.05) is 6.92 Å². The number of allylic oxidation sites excluding steroid dienone is 1. The van der Waals surface area contributed by atoms with Crippen LogP contribution in [0.4, 0.5) is 0 Å². The quantitative estimate of drug-likeness (QED) is 0.256. The van der Waals surface area contributed by atoms with Crippen LogP contribution >= 0.6 is 0 Å². The highest BCUT2D eigenvalue weighted by molar-refractivity contribution is 5.06. The highest BCUT2D eigenvalue weighted by Crippen LogP contribution is 2.07. The summed E-state index contributed by atoms with van der Waals surface area (Å²) in [4.78, 5) is 0. The summed E-state index contributed by atoms with van der Waals surface area (Å²) in [6.45, 7) is 2.07. The molecular formula is C4H10N4. The van der Waals surface area contributed by atoms with Gasteiger partial charge in [0.15, 0.2) is 5.82 Å². The molecule has 0 atom stereocenters. The van der Waals surface area contributed by atoms with Gasteiger partial charge in [-0.15, -0.1) is 0 Å². The monoisotopic (exact) mass is 114 g/mol. The average Bonchev–Trinajstić information content (AvgIpc) is 2.48. The van der Waals surface area contributed by atoms with E-state index in [9.17, 15) is 0 Å². The summed E-state index contributed by atoms with van der Waals surface area (Å²) in [6, 6.07) is 0. The highest BCUT2D eigenvalue weighted by Gasteiger charge is 2.20. The van der Waals surface area contributed by atoms with Gasteiger partial charge in [-0.05, 0) is 12.5 Å². The first-order valence-electron chi connectivity index (χ1n) is 2.61. The van der Waals surface area contributed by atoms with Crippen molar-refractivity contribution in [2.24, 2.45) is 5.84 Å². The van der Waals surface area contributed by atoms with Gasteiger partial charge in [0, 0.05) is 0 Å². The van der Waals surface area contributed by atoms with Crippen LogP contribution in [0, 0.1) is 0 Å². The van der Waals surface area contributed by atoms with Crippen molar-refractivity contribution in [3.05, 3.63) is 11.9 Å². The zero-order valence-electron chi connectivity index (χ0n) is 4.81. The summed E-state index contributed by atoms with van der Waals surface area (Å²) in [5.41, 5.74) is 5.31. The maximum Gasteiger partial charge on any atom is 0.155 e. The van der Waals surface area contributed by atoms with E-state index in [1.165, 1.54) is 0 Å². The number of hydrogen-bond donors (Lipinski definition) is 3. The Labute approximate surface area is 48.2 Å². The van der Waals surface area contributed by atoms with Crippen molar-refractivity contribution >= 4 is 0 Å². The lowest BCUT2D eigenvalue weighted by molar-refractivity contribution is 0.393. The van der Waals surface area contributed by atoms with Crippen LogP contribution in [0.3, 0.4) is 0 Å². The van der Waals surface area contributed by atoms with Crippen molar-refractivity contribution in [2.45, 2.75) is 13.3 Å². The average molecular weight is 114 g/mol. The summed E-state index contributed by atoms with van der Waals surface area (Å²) in [6.07, 6.45) is 3.07. The molecular weight excluding hydrogens is 104 g/mol. The summed E-state index contributed by atoms with van der Waals surface area (Å²) in [5, 5.41) is 1.64. The third kappa shape index (κ3) is 0.907. The third-order valence-electron chi connectivity index (χ3n) is 0.944. The van der Waals surface area contributed by atoms with Crippen LogP contribution in [-0.4, -0.2) is 5.12 Å². The maximum atomic E-state index is 5.03. The Balaban J connectivity index is 2.25. The van der Waals surface area contributed by atoms with Crippen molar-refractivity contribution in [3.63, 3.8) is 0 Å². The van der Waals surface area contributed by atoms with E-state index in [0.29, 0.717) is 0 Å². The molecule has 4 nitrogen and oxygen atoms in total. The van der Waals surface area contributed by atoms with Crippen LogP contribution in [0.5, 0.6) is 0 Å². The molecule has 0 aromatic rings. The van der Waals surface area contributed by atoms with Gasteiger partial charge in [-0.25, -0.2) is 0 Å². The topological polar surface area (TPSA) is 63.0 Å². The summed E-state index contributed by atoms with van der Waals surface area (Å²) < 4.78 is 0. The van der Waals surface area contributed by atoms with Crippen molar-refractivity contribution in [2.75, 3.05) is 0 Å². The minimum absolute atomic E-state index is 1.03. The Morgan fingerprint density at radius 2 is 2.75 bits per heavy atom. The predicted molar refractivity (Wildman–Crippen MR) is 30.7 cm³/mol. The molecule has 8 heavy (non-hydrogen) atoms. The van der Waals surface area contributed by atoms with Crippen LogP contribution < -0.4 is 16.8 Å². The molecule has 0 amide bonds. The second kappa shape index (κ2) is 2.02. The summed E-state index contributed by atoms with van der Waals surface area (Å²) in [5.74, 6) is 6.08. The van der Waals surface area contributed by atoms with E-state index >= 15 is 0 Å². The van der Waals surface area contributed by atoms with Crippen LogP contribution in [0.25, 0.3) is 0 Å². The number of nitrogens with one attached hydrogen (secondary N) is 2. The van der Waals surface area contributed by atoms with E-state index in [1.807, 2.05) is 6.08 Å². The van der Waals surface area contributed by atoms with Crippen molar-refractivity contribution in [3.8, 4) is 0 Å². The molecule has 0 aromatic heterocycles. The standard InChI is InChI=1S/C4H10N4/c1-2-3-4-6-8(4)7-5/h3,6-7H,2,5H2,1H3. The SMILES string of the molecule is CCC=C1NN1NN. The van der Waals surface area contributed by atoms with Gasteiger partial charge in [0.1, 0.15) is 0 Å². The summed E-state index contributed by atoms with van der Waals surface area (Å²) >= 11 is 0. The molecule has 4 heteroatoms. The first kappa shape index (κ1) is 5.40. The molecule has 46 valence electrons. The first-order chi connectivity index (χ1) is 3.88. The minimum Gasteiger partial charge on any atom is -0.264 e. The van der Waals surface area contributed by atoms with Gasteiger partial charge in [0.05, 0.1) is 0 Å². The first-order valence-corrected chi connectivity index (χ1v) is 2.61. The van der Waals surface area contributed by atoms with Crippen LogP contribution in [0.1, 0.15) is 13.3 Å². The number of nitrogens with zero attached hydrogens (tertiary/aromatic N) is 1. The largest absolute Gasteiger partial charge is 0.264 e. The molecule has 4 N–H and O–H groups in total. The molecule has 1 saturated heterocycles. The number of rotatable bonds is 2. The van der Waals surface area contributed by atoms with E-state index in [-0.39, 0.29) is 0 Å². The fourth-order valence-corrected chi connectivity index (χ4v) is 0.522. The molecule has 0 spiro atoms. The van der Waals surface area contributed by atoms with E-state index in [2.05, 4.69) is 17.9 Å². The Bertz CT molecular complexity index is 109. The predicted octanol–water partition coefficient (Wildman–Crippen LogP) is -0.564. The lowest BCUT2D eigenvalue weighted by atomic mass is 10.5. The van der Waals surface area contributed by atoms with E-state index < -0.39 is 0 Å². The molecule has 0 radical (unpaired) electrons. The van der Waals surface area contributed by atoms with Gasteiger partial charge in [-0.3, -0.25) is 11.3 Å². The lowest BCUT2D eigenvalue weighted by Gasteiger charge is -1.87. The van der Waals surface area contributed by atoms with Crippen molar-refractivity contribution in [1.29, 1.82) is 0 Å². The zero-order chi connectivity index (χ0) is 5.98. The molecule has 1 fully saturated rings. The molecule has 0 saturated carbocycles. The Morgan fingerprint density at radius 1 is 2.00 bits per heavy atom. The number of hydrogen-bond acceptors (Lipinski definition) is 4. The smallest absolute Gasteiger partial charge is 0.155 e. The van der Waals surface area contributed by atoms with Gasteiger partial charge in [0.2, 0.25) is 0 Å². The molecule has 1 heterocycles. The second-order valence-corrected chi connectivity index (χ2v) is 1.57. The Hall–Kier alpha value is -0.740. The normalized spacial score (nSPS) is 21.2. The molecule has 0 aliphatic carbocycles. The van der Waals surface area contributed by atoms with Crippen LogP contribution in [0.15, 0.2) is 11.9 Å². The Morgan fingerprint density at radius 3 is 3.12 bits per heavy atom. The van der Waals surface area contributed by atoms with E-state index in [0.717, 1.165) is 12.2 Å². The zero-order valence-corrected chi connectivity index (χ0v) is 4.81. The molecule has 0 unspecified atom stereocenters. The van der Waals surface area contributed by atoms with Gasteiger partial charge >= 0.3 is 0 Å². The lowest BCUT2D eigenvalue weighted by Crippen LogP contribution is -2.29. The van der Waals surface area contributed by atoms with E-state index in [4.69, 9.17) is 5.84 Å². The van der Waals surface area contributed by atoms with Crippen molar-refractivity contribution < 1.29 is 0 Å². The Kier molecular flexibility index (Phi) is 1.36. The number of nitrogens with two attached hydrogens (primary N) is 1. The highest BCUT2D eigenvalue weighted by atomic mass is 15.9. The van der Waals surface area contributed by atoms with Crippen LogP contribution in [-0.2, 0) is 0 Å².